The molecule has 1 fully saturated rings. The van der Waals surface area contributed by atoms with Gasteiger partial charge in [0.2, 0.25) is 0 Å². The van der Waals surface area contributed by atoms with Crippen molar-refractivity contribution in [3.8, 4) is 0 Å². The Kier molecular flexibility index (Phi) is 6.14. The molecular weight excluding hydrogens is 314 g/mol. The van der Waals surface area contributed by atoms with Crippen molar-refractivity contribution in [3.63, 3.8) is 0 Å². The molecule has 0 amide bonds. The fourth-order valence-corrected chi connectivity index (χ4v) is 3.18. The number of aryl methyl sites for hydroxylation is 1. The number of pyridine rings is 1. The molecular formula is C20H25N3O2. The van der Waals surface area contributed by atoms with Gasteiger partial charge in [-0.1, -0.05) is 36.4 Å². The Balaban J connectivity index is 1.48. The Labute approximate surface area is 149 Å². The van der Waals surface area contributed by atoms with Crippen LogP contribution in [-0.2, 0) is 16.1 Å². The number of carbonyl (C=O) groups is 1. The van der Waals surface area contributed by atoms with Crippen LogP contribution in [0.15, 0.2) is 48.7 Å². The summed E-state index contributed by atoms with van der Waals surface area (Å²) in [7, 11) is 0. The number of anilines is 1. The van der Waals surface area contributed by atoms with Crippen LogP contribution in [0.2, 0.25) is 0 Å². The molecule has 0 spiro atoms. The van der Waals surface area contributed by atoms with Crippen LogP contribution in [0.25, 0.3) is 0 Å². The minimum Gasteiger partial charge on any atom is -0.375 e. The summed E-state index contributed by atoms with van der Waals surface area (Å²) in [6.07, 6.45) is 2.84. The Morgan fingerprint density at radius 3 is 2.56 bits per heavy atom. The van der Waals surface area contributed by atoms with Crippen molar-refractivity contribution < 1.29 is 9.53 Å². The zero-order valence-corrected chi connectivity index (χ0v) is 14.7. The normalized spacial score (nSPS) is 16.6. The minimum absolute atomic E-state index is 0.185. The van der Waals surface area contributed by atoms with E-state index in [2.05, 4.69) is 27.8 Å². The van der Waals surface area contributed by atoms with Gasteiger partial charge in [-0.25, -0.2) is 4.98 Å². The quantitative estimate of drug-likeness (QED) is 0.724. The van der Waals surface area contributed by atoms with E-state index in [0.29, 0.717) is 13.2 Å². The lowest BCUT2D eigenvalue weighted by Gasteiger charge is -2.38. The van der Waals surface area contributed by atoms with Gasteiger partial charge in [0.1, 0.15) is 12.1 Å². The second-order valence-corrected chi connectivity index (χ2v) is 6.37. The van der Waals surface area contributed by atoms with E-state index in [0.717, 1.165) is 43.8 Å². The first kappa shape index (κ1) is 17.6. The summed E-state index contributed by atoms with van der Waals surface area (Å²) in [5, 5.41) is 0. The zero-order chi connectivity index (χ0) is 17.5. The van der Waals surface area contributed by atoms with E-state index >= 15 is 0 Å². The van der Waals surface area contributed by atoms with E-state index in [1.54, 1.807) is 0 Å². The molecule has 1 aromatic heterocycles. The molecule has 5 heteroatoms. The van der Waals surface area contributed by atoms with E-state index in [-0.39, 0.29) is 6.04 Å². The first-order valence-corrected chi connectivity index (χ1v) is 8.75. The van der Waals surface area contributed by atoms with Crippen LogP contribution in [0.5, 0.6) is 0 Å². The highest BCUT2D eigenvalue weighted by molar-refractivity contribution is 5.58. The summed E-state index contributed by atoms with van der Waals surface area (Å²) in [6.45, 7) is 6.49. The van der Waals surface area contributed by atoms with E-state index in [1.165, 1.54) is 5.56 Å². The second kappa shape index (κ2) is 8.74. The Morgan fingerprint density at radius 1 is 1.12 bits per heavy atom. The van der Waals surface area contributed by atoms with Gasteiger partial charge < -0.3 is 14.4 Å². The van der Waals surface area contributed by atoms with Gasteiger partial charge in [-0.3, -0.25) is 4.90 Å². The molecule has 1 aromatic carbocycles. The largest absolute Gasteiger partial charge is 0.375 e. The number of carbonyl (C=O) groups excluding carboxylic acids is 1. The standard InChI is InChI=1S/C20H25N3O2/c1-17-6-5-9-21-20(17)23-12-10-22(11-13-23)19(14-24)16-25-15-18-7-3-2-4-8-18/h2-9,14,19H,10-13,15-16H2,1H3. The van der Waals surface area contributed by atoms with Crippen molar-refractivity contribution in [1.82, 2.24) is 9.88 Å². The molecule has 1 aliphatic rings. The van der Waals surface area contributed by atoms with Crippen molar-refractivity contribution in [2.75, 3.05) is 37.7 Å². The summed E-state index contributed by atoms with van der Waals surface area (Å²) in [5.41, 5.74) is 2.32. The predicted octanol–water partition coefficient (Wildman–Crippen LogP) is 2.30. The van der Waals surface area contributed by atoms with Gasteiger partial charge in [-0.05, 0) is 24.1 Å². The summed E-state index contributed by atoms with van der Waals surface area (Å²) < 4.78 is 5.76. The maximum absolute atomic E-state index is 11.5. The maximum Gasteiger partial charge on any atom is 0.139 e. The summed E-state index contributed by atoms with van der Waals surface area (Å²) >= 11 is 0. The van der Waals surface area contributed by atoms with Crippen molar-refractivity contribution in [3.05, 3.63) is 59.8 Å². The number of rotatable bonds is 7. The number of hydrogen-bond donors (Lipinski definition) is 0. The van der Waals surface area contributed by atoms with E-state index < -0.39 is 0 Å². The van der Waals surface area contributed by atoms with Crippen molar-refractivity contribution >= 4 is 12.1 Å². The van der Waals surface area contributed by atoms with Crippen molar-refractivity contribution in [2.45, 2.75) is 19.6 Å². The molecule has 0 bridgehead atoms. The van der Waals surface area contributed by atoms with Gasteiger partial charge in [0.15, 0.2) is 0 Å². The summed E-state index contributed by atoms with van der Waals surface area (Å²) in [6, 6.07) is 13.9. The number of ether oxygens (including phenoxy) is 1. The number of piperazine rings is 1. The monoisotopic (exact) mass is 339 g/mol. The molecule has 1 unspecified atom stereocenters. The van der Waals surface area contributed by atoms with Gasteiger partial charge in [0, 0.05) is 32.4 Å². The lowest BCUT2D eigenvalue weighted by atomic mass is 10.2. The zero-order valence-electron chi connectivity index (χ0n) is 14.7. The van der Waals surface area contributed by atoms with E-state index in [1.807, 2.05) is 42.6 Å². The first-order chi connectivity index (χ1) is 12.3. The average Bonchev–Trinajstić information content (AvgIpc) is 2.67. The van der Waals surface area contributed by atoms with Gasteiger partial charge in [-0.2, -0.15) is 0 Å². The second-order valence-electron chi connectivity index (χ2n) is 6.37. The van der Waals surface area contributed by atoms with Gasteiger partial charge in [0.05, 0.1) is 19.3 Å². The van der Waals surface area contributed by atoms with Crippen molar-refractivity contribution in [1.29, 1.82) is 0 Å². The molecule has 1 saturated heterocycles. The number of aromatic nitrogens is 1. The third kappa shape index (κ3) is 4.65. The van der Waals surface area contributed by atoms with Crippen LogP contribution in [0, 0.1) is 6.92 Å². The third-order valence-corrected chi connectivity index (χ3v) is 4.62. The molecule has 132 valence electrons. The van der Waals surface area contributed by atoms with Crippen LogP contribution >= 0.6 is 0 Å². The lowest BCUT2D eigenvalue weighted by molar-refractivity contribution is -0.115. The Hall–Kier alpha value is -2.24. The number of nitrogens with zero attached hydrogens (tertiary/aromatic N) is 3. The Bertz CT molecular complexity index is 670. The highest BCUT2D eigenvalue weighted by Crippen LogP contribution is 2.18. The molecule has 0 saturated carbocycles. The van der Waals surface area contributed by atoms with Crippen LogP contribution in [-0.4, -0.2) is 55.0 Å². The van der Waals surface area contributed by atoms with E-state index in [9.17, 15) is 4.79 Å². The van der Waals surface area contributed by atoms with Crippen molar-refractivity contribution in [2.24, 2.45) is 0 Å². The van der Waals surface area contributed by atoms with Crippen LogP contribution in [0.3, 0.4) is 0 Å². The smallest absolute Gasteiger partial charge is 0.139 e. The van der Waals surface area contributed by atoms with Crippen LogP contribution in [0.1, 0.15) is 11.1 Å². The fraction of sp³-hybridized carbons (Fsp3) is 0.400. The topological polar surface area (TPSA) is 45.7 Å². The molecule has 1 aliphatic heterocycles. The molecule has 5 nitrogen and oxygen atoms in total. The molecule has 2 aromatic rings. The van der Waals surface area contributed by atoms with Gasteiger partial charge in [-0.15, -0.1) is 0 Å². The van der Waals surface area contributed by atoms with Gasteiger partial charge >= 0.3 is 0 Å². The number of hydrogen-bond acceptors (Lipinski definition) is 5. The third-order valence-electron chi connectivity index (χ3n) is 4.62. The first-order valence-electron chi connectivity index (χ1n) is 8.75. The highest BCUT2D eigenvalue weighted by atomic mass is 16.5. The number of benzene rings is 1. The molecule has 3 rings (SSSR count). The molecule has 1 atom stereocenters. The maximum atomic E-state index is 11.5. The SMILES string of the molecule is Cc1cccnc1N1CCN(C(C=O)COCc2ccccc2)CC1. The molecule has 25 heavy (non-hydrogen) atoms. The van der Waals surface area contributed by atoms with Crippen LogP contribution in [0.4, 0.5) is 5.82 Å². The summed E-state index contributed by atoms with van der Waals surface area (Å²) in [5.74, 6) is 1.05. The highest BCUT2D eigenvalue weighted by Gasteiger charge is 2.24. The molecule has 0 radical (unpaired) electrons. The Morgan fingerprint density at radius 2 is 1.88 bits per heavy atom. The molecule has 0 aliphatic carbocycles. The number of aldehydes is 1. The molecule has 0 N–H and O–H groups in total. The predicted molar refractivity (Wildman–Crippen MR) is 98.7 cm³/mol. The minimum atomic E-state index is -0.185. The van der Waals surface area contributed by atoms with Gasteiger partial charge in [0.25, 0.3) is 0 Å². The average molecular weight is 339 g/mol. The summed E-state index contributed by atoms with van der Waals surface area (Å²) in [4.78, 5) is 20.5. The van der Waals surface area contributed by atoms with Crippen LogP contribution < -0.4 is 4.90 Å². The van der Waals surface area contributed by atoms with E-state index in [4.69, 9.17) is 4.74 Å². The molecule has 2 heterocycles. The fourth-order valence-electron chi connectivity index (χ4n) is 3.18. The lowest BCUT2D eigenvalue weighted by Crippen LogP contribution is -2.52.